The molecule has 0 bridgehead atoms. The number of hydrogen-bond donors (Lipinski definition) is 1. The van der Waals surface area contributed by atoms with E-state index in [2.05, 4.69) is 0 Å². The lowest BCUT2D eigenvalue weighted by Crippen LogP contribution is -2.41. The number of likely N-dealkylation sites (tertiary alicyclic amines) is 1. The van der Waals surface area contributed by atoms with Gasteiger partial charge in [0.15, 0.2) is 0 Å². The van der Waals surface area contributed by atoms with Gasteiger partial charge in [-0.05, 0) is 13.3 Å². The molecular weight excluding hydrogens is 233 g/mol. The molecule has 1 aliphatic heterocycles. The number of rotatable bonds is 1. The van der Waals surface area contributed by atoms with Gasteiger partial charge in [-0.25, -0.2) is 0 Å². The van der Waals surface area contributed by atoms with Crippen molar-refractivity contribution in [3.8, 4) is 0 Å². The molecule has 0 aliphatic carbocycles. The third kappa shape index (κ3) is 3.53. The Balaban J connectivity index is 0.00000196. The maximum Gasteiger partial charge on any atom is 0.393 e. The fraction of sp³-hybridized carbons (Fsp3) is 0.875. The largest absolute Gasteiger partial charge is 0.393 e. The SMILES string of the molecule is C[C@@H](N)C(=O)N1CCC(C(F)(F)F)C1.Cl. The van der Waals surface area contributed by atoms with Crippen molar-refractivity contribution in [2.24, 2.45) is 11.7 Å². The summed E-state index contributed by atoms with van der Waals surface area (Å²) in [5, 5.41) is 0. The Morgan fingerprint density at radius 3 is 2.40 bits per heavy atom. The number of amides is 1. The fourth-order valence-corrected chi connectivity index (χ4v) is 1.52. The summed E-state index contributed by atoms with van der Waals surface area (Å²) >= 11 is 0. The highest BCUT2D eigenvalue weighted by atomic mass is 35.5. The summed E-state index contributed by atoms with van der Waals surface area (Å²) < 4.78 is 36.7. The Morgan fingerprint density at radius 1 is 1.53 bits per heavy atom. The maximum atomic E-state index is 12.2. The Kier molecular flexibility index (Phi) is 4.86. The lowest BCUT2D eigenvalue weighted by Gasteiger charge is -2.19. The van der Waals surface area contributed by atoms with Crippen molar-refractivity contribution in [1.82, 2.24) is 4.90 Å². The van der Waals surface area contributed by atoms with Crippen LogP contribution in [0.1, 0.15) is 13.3 Å². The monoisotopic (exact) mass is 246 g/mol. The van der Waals surface area contributed by atoms with Gasteiger partial charge in [-0.1, -0.05) is 0 Å². The van der Waals surface area contributed by atoms with Crippen LogP contribution in [0.3, 0.4) is 0 Å². The average molecular weight is 247 g/mol. The normalized spacial score (nSPS) is 23.5. The molecule has 1 amide bonds. The van der Waals surface area contributed by atoms with Crippen LogP contribution in [0.25, 0.3) is 0 Å². The minimum absolute atomic E-state index is 0. The molecule has 0 radical (unpaired) electrons. The van der Waals surface area contributed by atoms with Crippen molar-refractivity contribution in [3.05, 3.63) is 0 Å². The second kappa shape index (κ2) is 5.03. The van der Waals surface area contributed by atoms with E-state index >= 15 is 0 Å². The first kappa shape index (κ1) is 14.5. The van der Waals surface area contributed by atoms with Crippen molar-refractivity contribution < 1.29 is 18.0 Å². The van der Waals surface area contributed by atoms with Crippen LogP contribution in [0, 0.1) is 5.92 Å². The molecule has 7 heteroatoms. The van der Waals surface area contributed by atoms with Crippen molar-refractivity contribution >= 4 is 18.3 Å². The van der Waals surface area contributed by atoms with Crippen molar-refractivity contribution in [2.45, 2.75) is 25.6 Å². The molecule has 1 rings (SSSR count). The number of nitrogens with zero attached hydrogens (tertiary/aromatic N) is 1. The predicted octanol–water partition coefficient (Wildman–Crippen LogP) is 1.17. The van der Waals surface area contributed by atoms with E-state index in [-0.39, 0.29) is 31.9 Å². The van der Waals surface area contributed by atoms with E-state index in [1.807, 2.05) is 0 Å². The molecule has 15 heavy (non-hydrogen) atoms. The van der Waals surface area contributed by atoms with Crippen molar-refractivity contribution in [3.63, 3.8) is 0 Å². The Labute approximate surface area is 92.2 Å². The zero-order valence-corrected chi connectivity index (χ0v) is 9.07. The second-order valence-corrected chi connectivity index (χ2v) is 3.60. The van der Waals surface area contributed by atoms with Gasteiger partial charge in [0.25, 0.3) is 0 Å². The van der Waals surface area contributed by atoms with Crippen LogP contribution in [-0.2, 0) is 4.79 Å². The number of carbonyl (C=O) groups is 1. The molecule has 0 spiro atoms. The smallest absolute Gasteiger partial charge is 0.341 e. The van der Waals surface area contributed by atoms with E-state index in [0.29, 0.717) is 0 Å². The van der Waals surface area contributed by atoms with Gasteiger partial charge >= 0.3 is 6.18 Å². The molecule has 0 aromatic rings. The summed E-state index contributed by atoms with van der Waals surface area (Å²) in [5.74, 6) is -1.79. The van der Waals surface area contributed by atoms with Gasteiger partial charge in [-0.2, -0.15) is 13.2 Å². The van der Waals surface area contributed by atoms with Gasteiger partial charge in [-0.15, -0.1) is 12.4 Å². The molecule has 3 nitrogen and oxygen atoms in total. The first-order valence-electron chi connectivity index (χ1n) is 4.43. The number of hydrogen-bond acceptors (Lipinski definition) is 2. The molecule has 0 saturated carbocycles. The minimum atomic E-state index is -4.20. The number of alkyl halides is 3. The Hall–Kier alpha value is -0.490. The average Bonchev–Trinajstić information content (AvgIpc) is 2.49. The Morgan fingerprint density at radius 2 is 2.07 bits per heavy atom. The molecule has 90 valence electrons. The van der Waals surface area contributed by atoms with Gasteiger partial charge in [0, 0.05) is 13.1 Å². The van der Waals surface area contributed by atoms with Crippen LogP contribution >= 0.6 is 12.4 Å². The van der Waals surface area contributed by atoms with Gasteiger partial charge < -0.3 is 10.6 Å². The second-order valence-electron chi connectivity index (χ2n) is 3.60. The van der Waals surface area contributed by atoms with Crippen molar-refractivity contribution in [2.75, 3.05) is 13.1 Å². The zero-order valence-electron chi connectivity index (χ0n) is 8.25. The van der Waals surface area contributed by atoms with E-state index in [4.69, 9.17) is 5.73 Å². The first-order valence-corrected chi connectivity index (χ1v) is 4.43. The third-order valence-electron chi connectivity index (χ3n) is 2.35. The van der Waals surface area contributed by atoms with E-state index in [1.54, 1.807) is 0 Å². The highest BCUT2D eigenvalue weighted by Gasteiger charge is 2.44. The summed E-state index contributed by atoms with van der Waals surface area (Å²) in [4.78, 5) is 12.4. The summed E-state index contributed by atoms with van der Waals surface area (Å²) in [6.45, 7) is 1.39. The molecule has 1 saturated heterocycles. The fourth-order valence-electron chi connectivity index (χ4n) is 1.52. The highest BCUT2D eigenvalue weighted by molar-refractivity contribution is 5.85. The lowest BCUT2D eigenvalue weighted by atomic mass is 10.1. The number of nitrogens with two attached hydrogens (primary N) is 1. The molecule has 1 unspecified atom stereocenters. The summed E-state index contributed by atoms with van der Waals surface area (Å²) in [6, 6.07) is -0.720. The van der Waals surface area contributed by atoms with Gasteiger partial charge in [-0.3, -0.25) is 4.79 Å². The van der Waals surface area contributed by atoms with E-state index in [0.717, 1.165) is 0 Å². The van der Waals surface area contributed by atoms with Crippen molar-refractivity contribution in [1.29, 1.82) is 0 Å². The van der Waals surface area contributed by atoms with Crippen LogP contribution in [0.15, 0.2) is 0 Å². The zero-order chi connectivity index (χ0) is 10.9. The molecule has 2 atom stereocenters. The topological polar surface area (TPSA) is 46.3 Å². The summed E-state index contributed by atoms with van der Waals surface area (Å²) in [5.41, 5.74) is 5.30. The molecule has 2 N–H and O–H groups in total. The van der Waals surface area contributed by atoms with Crippen LogP contribution in [0.2, 0.25) is 0 Å². The van der Waals surface area contributed by atoms with E-state index < -0.39 is 24.0 Å². The van der Waals surface area contributed by atoms with Crippen LogP contribution in [0.4, 0.5) is 13.2 Å². The van der Waals surface area contributed by atoms with Crippen LogP contribution in [0.5, 0.6) is 0 Å². The highest BCUT2D eigenvalue weighted by Crippen LogP contribution is 2.33. The molecular formula is C8H14ClF3N2O. The molecule has 1 fully saturated rings. The van der Waals surface area contributed by atoms with Crippen LogP contribution in [-0.4, -0.2) is 36.1 Å². The van der Waals surface area contributed by atoms with Gasteiger partial charge in [0.1, 0.15) is 0 Å². The minimum Gasteiger partial charge on any atom is -0.341 e. The third-order valence-corrected chi connectivity index (χ3v) is 2.35. The van der Waals surface area contributed by atoms with E-state index in [9.17, 15) is 18.0 Å². The first-order chi connectivity index (χ1) is 6.32. The predicted molar refractivity (Wildman–Crippen MR) is 51.6 cm³/mol. The standard InChI is InChI=1S/C8H13F3N2O.ClH/c1-5(12)7(14)13-3-2-6(4-13)8(9,10)11;/h5-6H,2-4,12H2,1H3;1H/t5-,6?;/m1./s1. The quantitative estimate of drug-likeness (QED) is 0.755. The number of halogens is 4. The molecule has 1 aliphatic rings. The van der Waals surface area contributed by atoms with Gasteiger partial charge in [0.2, 0.25) is 5.91 Å². The summed E-state index contributed by atoms with van der Waals surface area (Å²) in [7, 11) is 0. The molecule has 1 heterocycles. The summed E-state index contributed by atoms with van der Waals surface area (Å²) in [6.07, 6.45) is -4.21. The maximum absolute atomic E-state index is 12.2. The van der Waals surface area contributed by atoms with Crippen LogP contribution < -0.4 is 5.73 Å². The Bertz CT molecular complexity index is 232. The lowest BCUT2D eigenvalue weighted by molar-refractivity contribution is -0.171. The molecule has 0 aromatic carbocycles. The molecule has 0 aromatic heterocycles. The van der Waals surface area contributed by atoms with E-state index in [1.165, 1.54) is 11.8 Å². The number of carbonyl (C=O) groups excluding carboxylic acids is 1. The van der Waals surface area contributed by atoms with Gasteiger partial charge in [0.05, 0.1) is 12.0 Å².